The zero-order valence-corrected chi connectivity index (χ0v) is 15.1. The highest BCUT2D eigenvalue weighted by atomic mass is 16.5. The fraction of sp³-hybridized carbons (Fsp3) is 0.474. The average Bonchev–Trinajstić information content (AvgIpc) is 3.32. The van der Waals surface area contributed by atoms with Crippen LogP contribution < -0.4 is 5.32 Å². The molecule has 4 heterocycles. The molecule has 4 rings (SSSR count). The van der Waals surface area contributed by atoms with Crippen molar-refractivity contribution in [2.75, 3.05) is 18.5 Å². The topological polar surface area (TPSA) is 77.8 Å². The van der Waals surface area contributed by atoms with Crippen LogP contribution >= 0.6 is 0 Å². The fourth-order valence-corrected chi connectivity index (χ4v) is 3.36. The molecule has 1 saturated heterocycles. The van der Waals surface area contributed by atoms with Gasteiger partial charge >= 0.3 is 0 Å². The summed E-state index contributed by atoms with van der Waals surface area (Å²) in [6, 6.07) is 3.84. The van der Waals surface area contributed by atoms with Gasteiger partial charge in [0.15, 0.2) is 11.5 Å². The molecular formula is C19H24N6O. The van der Waals surface area contributed by atoms with E-state index in [1.165, 1.54) is 12.8 Å². The molecule has 0 unspecified atom stereocenters. The van der Waals surface area contributed by atoms with E-state index in [1.54, 1.807) is 17.1 Å². The number of hydrogen-bond donors (Lipinski definition) is 1. The van der Waals surface area contributed by atoms with Crippen molar-refractivity contribution >= 4 is 16.9 Å². The number of aromatic nitrogens is 5. The monoisotopic (exact) mass is 352 g/mol. The minimum absolute atomic E-state index is 0.470. The Balaban J connectivity index is 1.46. The lowest BCUT2D eigenvalue weighted by molar-refractivity contribution is 0.102. The zero-order valence-electron chi connectivity index (χ0n) is 15.1. The van der Waals surface area contributed by atoms with Gasteiger partial charge in [-0.2, -0.15) is 5.10 Å². The van der Waals surface area contributed by atoms with Crippen LogP contribution in [0.3, 0.4) is 0 Å². The summed E-state index contributed by atoms with van der Waals surface area (Å²) in [6.45, 7) is 1.81. The lowest BCUT2D eigenvalue weighted by Crippen LogP contribution is -2.08. The summed E-state index contributed by atoms with van der Waals surface area (Å²) in [4.78, 5) is 13.5. The summed E-state index contributed by atoms with van der Waals surface area (Å²) in [5.41, 5.74) is 1.78. The summed E-state index contributed by atoms with van der Waals surface area (Å²) in [6.07, 6.45) is 11.6. The van der Waals surface area contributed by atoms with Crippen molar-refractivity contribution in [3.05, 3.63) is 30.7 Å². The van der Waals surface area contributed by atoms with E-state index in [2.05, 4.69) is 20.4 Å². The third-order valence-corrected chi connectivity index (χ3v) is 4.80. The van der Waals surface area contributed by atoms with Gasteiger partial charge in [0.1, 0.15) is 5.82 Å². The Hall–Kier alpha value is -2.54. The molecular weight excluding hydrogens is 328 g/mol. The van der Waals surface area contributed by atoms with Gasteiger partial charge in [-0.3, -0.25) is 9.67 Å². The Morgan fingerprint density at radius 1 is 1.23 bits per heavy atom. The van der Waals surface area contributed by atoms with E-state index in [0.29, 0.717) is 11.9 Å². The number of anilines is 1. The van der Waals surface area contributed by atoms with Gasteiger partial charge in [-0.15, -0.1) is 0 Å². The van der Waals surface area contributed by atoms with Crippen molar-refractivity contribution < 1.29 is 4.74 Å². The first-order valence-corrected chi connectivity index (χ1v) is 9.27. The van der Waals surface area contributed by atoms with E-state index in [0.717, 1.165) is 54.8 Å². The van der Waals surface area contributed by atoms with Gasteiger partial charge in [0.2, 0.25) is 0 Å². The normalized spacial score (nSPS) is 17.0. The Morgan fingerprint density at radius 2 is 2.12 bits per heavy atom. The molecule has 3 aromatic rings. The summed E-state index contributed by atoms with van der Waals surface area (Å²) < 4.78 is 7.47. The quantitative estimate of drug-likeness (QED) is 0.658. The van der Waals surface area contributed by atoms with Crippen molar-refractivity contribution in [2.45, 2.75) is 38.2 Å². The molecule has 1 N–H and O–H groups in total. The van der Waals surface area contributed by atoms with Gasteiger partial charge in [0.25, 0.3) is 0 Å². The van der Waals surface area contributed by atoms with Gasteiger partial charge in [0.05, 0.1) is 17.7 Å². The predicted molar refractivity (Wildman–Crippen MR) is 101 cm³/mol. The maximum absolute atomic E-state index is 5.69. The standard InChI is InChI=1S/C19H24N6O/c1-25-19-16(13-22-25)18(21-9-3-2-5-15-6-4-12-26-15)23-17(24-19)14-7-10-20-11-8-14/h7-8,10-11,13,15H,2-6,9,12H2,1H3,(H,21,23,24)/t15-/m1/s1. The van der Waals surface area contributed by atoms with Crippen LogP contribution in [-0.4, -0.2) is 44.0 Å². The van der Waals surface area contributed by atoms with Gasteiger partial charge < -0.3 is 10.1 Å². The highest BCUT2D eigenvalue weighted by Gasteiger charge is 2.15. The number of pyridine rings is 1. The predicted octanol–water partition coefficient (Wildman–Crippen LogP) is 3.19. The van der Waals surface area contributed by atoms with Crippen LogP contribution in [0.4, 0.5) is 5.82 Å². The average molecular weight is 352 g/mol. The van der Waals surface area contributed by atoms with Crippen molar-refractivity contribution in [1.82, 2.24) is 24.7 Å². The molecule has 1 aliphatic rings. The lowest BCUT2D eigenvalue weighted by atomic mass is 10.1. The van der Waals surface area contributed by atoms with E-state index in [9.17, 15) is 0 Å². The number of aryl methyl sites for hydroxylation is 1. The van der Waals surface area contributed by atoms with E-state index in [-0.39, 0.29) is 0 Å². The second kappa shape index (κ2) is 7.78. The van der Waals surface area contributed by atoms with Crippen LogP contribution in [-0.2, 0) is 11.8 Å². The zero-order chi connectivity index (χ0) is 17.8. The Morgan fingerprint density at radius 3 is 2.92 bits per heavy atom. The molecule has 7 heteroatoms. The molecule has 0 radical (unpaired) electrons. The van der Waals surface area contributed by atoms with Crippen LogP contribution in [0.2, 0.25) is 0 Å². The molecule has 136 valence electrons. The fourth-order valence-electron chi connectivity index (χ4n) is 3.36. The minimum Gasteiger partial charge on any atom is -0.378 e. The summed E-state index contributed by atoms with van der Waals surface area (Å²) in [5, 5.41) is 8.76. The Labute approximate surface area is 152 Å². The number of nitrogens with zero attached hydrogens (tertiary/aromatic N) is 5. The van der Waals surface area contributed by atoms with E-state index >= 15 is 0 Å². The number of nitrogens with one attached hydrogen (secondary N) is 1. The highest BCUT2D eigenvalue weighted by molar-refractivity contribution is 5.88. The number of ether oxygens (including phenoxy) is 1. The molecule has 1 atom stereocenters. The van der Waals surface area contributed by atoms with Crippen LogP contribution in [0.25, 0.3) is 22.4 Å². The molecule has 0 bridgehead atoms. The van der Waals surface area contributed by atoms with Gasteiger partial charge in [-0.25, -0.2) is 9.97 Å². The number of fused-ring (bicyclic) bond motifs is 1. The molecule has 26 heavy (non-hydrogen) atoms. The molecule has 0 saturated carbocycles. The highest BCUT2D eigenvalue weighted by Crippen LogP contribution is 2.24. The molecule has 3 aromatic heterocycles. The largest absolute Gasteiger partial charge is 0.378 e. The van der Waals surface area contributed by atoms with Crippen molar-refractivity contribution in [1.29, 1.82) is 0 Å². The maximum atomic E-state index is 5.69. The van der Waals surface area contributed by atoms with E-state index in [4.69, 9.17) is 9.72 Å². The molecule has 1 fully saturated rings. The van der Waals surface area contributed by atoms with Crippen molar-refractivity contribution in [2.24, 2.45) is 7.05 Å². The second-order valence-electron chi connectivity index (χ2n) is 6.69. The van der Waals surface area contributed by atoms with Crippen molar-refractivity contribution in [3.8, 4) is 11.4 Å². The third-order valence-electron chi connectivity index (χ3n) is 4.80. The number of rotatable bonds is 7. The van der Waals surface area contributed by atoms with Crippen LogP contribution in [0.5, 0.6) is 0 Å². The van der Waals surface area contributed by atoms with Gasteiger partial charge in [-0.1, -0.05) is 0 Å². The lowest BCUT2D eigenvalue weighted by Gasteiger charge is -2.11. The molecule has 0 amide bonds. The minimum atomic E-state index is 0.470. The summed E-state index contributed by atoms with van der Waals surface area (Å²) in [7, 11) is 1.90. The Bertz CT molecular complexity index is 857. The van der Waals surface area contributed by atoms with Crippen LogP contribution in [0.1, 0.15) is 32.1 Å². The van der Waals surface area contributed by atoms with Gasteiger partial charge in [-0.05, 0) is 44.2 Å². The first-order valence-electron chi connectivity index (χ1n) is 9.27. The maximum Gasteiger partial charge on any atom is 0.164 e. The smallest absolute Gasteiger partial charge is 0.164 e. The Kier molecular flexibility index (Phi) is 5.06. The molecule has 0 spiro atoms. The first-order chi connectivity index (χ1) is 12.8. The summed E-state index contributed by atoms with van der Waals surface area (Å²) in [5.74, 6) is 1.53. The third kappa shape index (κ3) is 3.67. The van der Waals surface area contributed by atoms with Gasteiger partial charge in [0, 0.05) is 38.2 Å². The second-order valence-corrected chi connectivity index (χ2v) is 6.69. The number of unbranched alkanes of at least 4 members (excludes halogenated alkanes) is 1. The van der Waals surface area contributed by atoms with Crippen LogP contribution in [0.15, 0.2) is 30.7 Å². The SMILES string of the molecule is Cn1ncc2c(NCCCC[C@@H]3CCCO3)nc(-c3ccncc3)nc21. The molecule has 7 nitrogen and oxygen atoms in total. The van der Waals surface area contributed by atoms with Crippen molar-refractivity contribution in [3.63, 3.8) is 0 Å². The number of hydrogen-bond acceptors (Lipinski definition) is 6. The molecule has 0 aromatic carbocycles. The van der Waals surface area contributed by atoms with E-state index < -0.39 is 0 Å². The first kappa shape index (κ1) is 16.9. The molecule has 1 aliphatic heterocycles. The van der Waals surface area contributed by atoms with Crippen LogP contribution in [0, 0.1) is 0 Å². The van der Waals surface area contributed by atoms with E-state index in [1.807, 2.05) is 25.4 Å². The summed E-state index contributed by atoms with van der Waals surface area (Å²) >= 11 is 0. The molecule has 0 aliphatic carbocycles.